The zero-order valence-electron chi connectivity index (χ0n) is 5.74. The molecule has 0 aliphatic carbocycles. The number of amides is 1. The van der Waals surface area contributed by atoms with Crippen molar-refractivity contribution >= 4 is 5.91 Å². The highest BCUT2D eigenvalue weighted by Crippen LogP contribution is 2.17. The summed E-state index contributed by atoms with van der Waals surface area (Å²) in [6.45, 7) is 11.4. The molecule has 2 nitrogen and oxygen atoms in total. The van der Waals surface area contributed by atoms with Gasteiger partial charge in [-0.15, -0.1) is 0 Å². The quantitative estimate of drug-likeness (QED) is 0.489. The number of rotatable bonds is 0. The minimum Gasteiger partial charge on any atom is -0.348 e. The molecule has 0 radical (unpaired) electrons. The predicted octanol–water partition coefficient (Wildman–Crippen LogP) is 0.785. The zero-order valence-corrected chi connectivity index (χ0v) is 5.74. The van der Waals surface area contributed by atoms with Crippen molar-refractivity contribution in [1.82, 2.24) is 5.32 Å². The maximum absolute atomic E-state index is 10.8. The van der Waals surface area contributed by atoms with Crippen molar-refractivity contribution in [2.24, 2.45) is 0 Å². The molecule has 0 spiro atoms. The Morgan fingerprint density at radius 1 is 1.20 bits per heavy atom. The average molecular weight is 135 g/mol. The van der Waals surface area contributed by atoms with E-state index in [0.717, 1.165) is 5.57 Å². The second-order valence-electron chi connectivity index (χ2n) is 2.24. The summed E-state index contributed by atoms with van der Waals surface area (Å²) in [7, 11) is 0. The van der Waals surface area contributed by atoms with Gasteiger partial charge in [-0.3, -0.25) is 4.79 Å². The van der Waals surface area contributed by atoms with E-state index in [1.54, 1.807) is 0 Å². The Morgan fingerprint density at radius 2 is 1.80 bits per heavy atom. The van der Waals surface area contributed by atoms with E-state index >= 15 is 0 Å². The molecular formula is C8H9NO. The van der Waals surface area contributed by atoms with E-state index in [2.05, 4.69) is 25.1 Å². The van der Waals surface area contributed by atoms with E-state index in [1.165, 1.54) is 0 Å². The van der Waals surface area contributed by atoms with Crippen LogP contribution in [0.2, 0.25) is 0 Å². The predicted molar refractivity (Wildman–Crippen MR) is 40.4 cm³/mol. The molecule has 0 unspecified atom stereocenters. The normalized spacial score (nSPS) is 19.2. The van der Waals surface area contributed by atoms with Crippen molar-refractivity contribution in [1.29, 1.82) is 0 Å². The summed E-state index contributed by atoms with van der Waals surface area (Å²) in [6, 6.07) is 0. The fraction of sp³-hybridized carbons (Fsp3) is 0.125. The first kappa shape index (κ1) is 6.81. The van der Waals surface area contributed by atoms with E-state index in [9.17, 15) is 4.79 Å². The summed E-state index contributed by atoms with van der Waals surface area (Å²) in [5.74, 6) is -0.141. The Labute approximate surface area is 59.9 Å². The van der Waals surface area contributed by atoms with E-state index in [1.807, 2.05) is 0 Å². The van der Waals surface area contributed by atoms with Crippen molar-refractivity contribution in [2.45, 2.75) is 0 Å². The maximum Gasteiger partial charge on any atom is 0.251 e. The van der Waals surface area contributed by atoms with Gasteiger partial charge in [0.1, 0.15) is 0 Å². The Hall–Kier alpha value is -1.31. The third kappa shape index (κ3) is 0.880. The van der Waals surface area contributed by atoms with Crippen LogP contribution in [-0.2, 0) is 4.79 Å². The highest BCUT2D eigenvalue weighted by molar-refractivity contribution is 6.00. The Kier molecular flexibility index (Phi) is 1.45. The largest absolute Gasteiger partial charge is 0.348 e. The molecule has 1 N–H and O–H groups in total. The third-order valence-corrected chi connectivity index (χ3v) is 1.53. The van der Waals surface area contributed by atoms with Gasteiger partial charge in [-0.1, -0.05) is 19.7 Å². The number of piperidine rings is 1. The van der Waals surface area contributed by atoms with E-state index in [4.69, 9.17) is 0 Å². The summed E-state index contributed by atoms with van der Waals surface area (Å²) in [6.07, 6.45) is 0. The molecule has 2 heteroatoms. The van der Waals surface area contributed by atoms with Crippen molar-refractivity contribution in [3.63, 3.8) is 0 Å². The lowest BCUT2D eigenvalue weighted by Crippen LogP contribution is -2.32. The number of nitrogens with one attached hydrogen (secondary N) is 1. The molecule has 0 aromatic rings. The van der Waals surface area contributed by atoms with E-state index in [-0.39, 0.29) is 5.91 Å². The summed E-state index contributed by atoms with van der Waals surface area (Å²) in [4.78, 5) is 10.8. The lowest BCUT2D eigenvalue weighted by molar-refractivity contribution is -0.117. The smallest absolute Gasteiger partial charge is 0.251 e. The topological polar surface area (TPSA) is 29.1 Å². The fourth-order valence-electron chi connectivity index (χ4n) is 0.751. The monoisotopic (exact) mass is 135 g/mol. The molecule has 0 aromatic heterocycles. The van der Waals surface area contributed by atoms with Crippen molar-refractivity contribution in [3.8, 4) is 0 Å². The van der Waals surface area contributed by atoms with Crippen molar-refractivity contribution < 1.29 is 4.79 Å². The molecule has 10 heavy (non-hydrogen) atoms. The minimum absolute atomic E-state index is 0.141. The van der Waals surface area contributed by atoms with Crippen molar-refractivity contribution in [3.05, 3.63) is 36.5 Å². The third-order valence-electron chi connectivity index (χ3n) is 1.53. The van der Waals surface area contributed by atoms with Gasteiger partial charge in [0.25, 0.3) is 5.91 Å². The highest BCUT2D eigenvalue weighted by Gasteiger charge is 2.17. The maximum atomic E-state index is 10.8. The molecule has 1 fully saturated rings. The molecule has 1 saturated heterocycles. The fourth-order valence-corrected chi connectivity index (χ4v) is 0.751. The number of carbonyl (C=O) groups excluding carboxylic acids is 1. The molecule has 0 atom stereocenters. The van der Waals surface area contributed by atoms with Gasteiger partial charge >= 0.3 is 0 Å². The lowest BCUT2D eigenvalue weighted by atomic mass is 9.98. The van der Waals surface area contributed by atoms with Crippen LogP contribution in [0.3, 0.4) is 0 Å². The van der Waals surface area contributed by atoms with Crippen LogP contribution in [0.25, 0.3) is 0 Å². The zero-order chi connectivity index (χ0) is 7.72. The molecule has 1 rings (SSSR count). The highest BCUT2D eigenvalue weighted by atomic mass is 16.1. The first-order chi connectivity index (χ1) is 4.63. The number of hydrogen-bond donors (Lipinski definition) is 1. The summed E-state index contributed by atoms with van der Waals surface area (Å²) in [5, 5.41) is 2.61. The van der Waals surface area contributed by atoms with Gasteiger partial charge in [-0.2, -0.15) is 0 Å². The van der Waals surface area contributed by atoms with E-state index in [0.29, 0.717) is 17.7 Å². The van der Waals surface area contributed by atoms with Crippen LogP contribution in [-0.4, -0.2) is 12.5 Å². The summed E-state index contributed by atoms with van der Waals surface area (Å²) < 4.78 is 0. The van der Waals surface area contributed by atoms with Gasteiger partial charge in [0.2, 0.25) is 0 Å². The van der Waals surface area contributed by atoms with Gasteiger partial charge in [0.05, 0.1) is 0 Å². The van der Waals surface area contributed by atoms with Gasteiger partial charge in [0.15, 0.2) is 0 Å². The number of hydrogen-bond acceptors (Lipinski definition) is 1. The van der Waals surface area contributed by atoms with Crippen LogP contribution in [0, 0.1) is 0 Å². The van der Waals surface area contributed by atoms with Crippen molar-refractivity contribution in [2.75, 3.05) is 6.54 Å². The summed E-state index contributed by atoms with van der Waals surface area (Å²) in [5.41, 5.74) is 1.93. The Balaban J connectivity index is 2.90. The van der Waals surface area contributed by atoms with Gasteiger partial charge < -0.3 is 5.32 Å². The molecule has 1 amide bonds. The van der Waals surface area contributed by atoms with Crippen LogP contribution < -0.4 is 5.32 Å². The standard InChI is InChI=1S/C8H9NO/c1-5-4-9-8(10)7(3)6(5)2/h1-4H2,(H,9,10). The molecular weight excluding hydrogens is 126 g/mol. The van der Waals surface area contributed by atoms with Crippen LogP contribution in [0.5, 0.6) is 0 Å². The molecule has 1 heterocycles. The SMILES string of the molecule is C=C1CNC(=O)C(=C)C1=C. The molecule has 0 bridgehead atoms. The summed E-state index contributed by atoms with van der Waals surface area (Å²) >= 11 is 0. The molecule has 0 aromatic carbocycles. The molecule has 0 saturated carbocycles. The van der Waals surface area contributed by atoms with Gasteiger partial charge in [-0.05, 0) is 11.1 Å². The second-order valence-corrected chi connectivity index (χ2v) is 2.24. The Morgan fingerprint density at radius 3 is 2.30 bits per heavy atom. The first-order valence-corrected chi connectivity index (χ1v) is 2.97. The molecule has 1 aliphatic rings. The molecule has 52 valence electrons. The van der Waals surface area contributed by atoms with Crippen LogP contribution in [0.1, 0.15) is 0 Å². The molecule has 1 aliphatic heterocycles. The Bertz CT molecular complexity index is 212. The van der Waals surface area contributed by atoms with E-state index < -0.39 is 0 Å². The van der Waals surface area contributed by atoms with Gasteiger partial charge in [-0.25, -0.2) is 0 Å². The second kappa shape index (κ2) is 2.14. The van der Waals surface area contributed by atoms with Crippen LogP contribution >= 0.6 is 0 Å². The average Bonchev–Trinajstić information content (AvgIpc) is 1.93. The van der Waals surface area contributed by atoms with Crippen LogP contribution in [0.15, 0.2) is 36.5 Å². The first-order valence-electron chi connectivity index (χ1n) is 2.97. The van der Waals surface area contributed by atoms with Crippen LogP contribution in [0.4, 0.5) is 0 Å². The lowest BCUT2D eigenvalue weighted by Gasteiger charge is -2.18. The minimum atomic E-state index is -0.141. The van der Waals surface area contributed by atoms with Gasteiger partial charge in [0, 0.05) is 12.1 Å². The number of carbonyl (C=O) groups is 1.